The second-order valence-corrected chi connectivity index (χ2v) is 6.73. The lowest BCUT2D eigenvalue weighted by Gasteiger charge is -2.40. The van der Waals surface area contributed by atoms with Gasteiger partial charge in [0, 0.05) is 18.2 Å². The third kappa shape index (κ3) is 3.88. The van der Waals surface area contributed by atoms with Gasteiger partial charge in [-0.25, -0.2) is 0 Å². The summed E-state index contributed by atoms with van der Waals surface area (Å²) < 4.78 is 6.67. The number of amides is 1. The maximum atomic E-state index is 12.3. The molecular formula is C16H22INO3. The summed E-state index contributed by atoms with van der Waals surface area (Å²) >= 11 is 2.04. The molecular weight excluding hydrogens is 381 g/mol. The first-order chi connectivity index (χ1) is 9.99. The summed E-state index contributed by atoms with van der Waals surface area (Å²) in [6, 6.07) is 5.14. The van der Waals surface area contributed by atoms with Crippen molar-refractivity contribution in [3.8, 4) is 5.75 Å². The summed E-state index contributed by atoms with van der Waals surface area (Å²) in [4.78, 5) is 12.3. The lowest BCUT2D eigenvalue weighted by Crippen LogP contribution is -2.48. The van der Waals surface area contributed by atoms with Crippen molar-refractivity contribution in [2.45, 2.75) is 51.2 Å². The predicted molar refractivity (Wildman–Crippen MR) is 90.6 cm³/mol. The second kappa shape index (κ2) is 6.96. The van der Waals surface area contributed by atoms with Gasteiger partial charge < -0.3 is 15.2 Å². The fourth-order valence-corrected chi connectivity index (χ4v) is 3.15. The number of hydrogen-bond donors (Lipinski definition) is 2. The van der Waals surface area contributed by atoms with Gasteiger partial charge in [-0.15, -0.1) is 0 Å². The largest absolute Gasteiger partial charge is 0.507 e. The number of phenols is 1. The Balaban J connectivity index is 2.03. The Morgan fingerprint density at radius 3 is 2.81 bits per heavy atom. The van der Waals surface area contributed by atoms with Gasteiger partial charge in [-0.3, -0.25) is 4.79 Å². The topological polar surface area (TPSA) is 58.6 Å². The number of ether oxygens (including phenoxy) is 1. The Labute approximate surface area is 139 Å². The lowest BCUT2D eigenvalue weighted by molar-refractivity contribution is -0.0917. The maximum Gasteiger partial charge on any atom is 0.251 e. The molecule has 1 heterocycles. The Bertz CT molecular complexity index is 514. The molecule has 0 aliphatic carbocycles. The first-order valence-corrected chi connectivity index (χ1v) is 8.51. The van der Waals surface area contributed by atoms with Gasteiger partial charge in [0.25, 0.3) is 5.91 Å². The summed E-state index contributed by atoms with van der Waals surface area (Å²) in [6.07, 6.45) is 3.60. The minimum absolute atomic E-state index is 0.107. The molecule has 0 bridgehead atoms. The number of carbonyl (C=O) groups is 1. The molecule has 1 amide bonds. The van der Waals surface area contributed by atoms with E-state index in [4.69, 9.17) is 4.74 Å². The van der Waals surface area contributed by atoms with Gasteiger partial charge in [0.2, 0.25) is 0 Å². The quantitative estimate of drug-likeness (QED) is 0.758. The normalized spacial score (nSPS) is 21.0. The van der Waals surface area contributed by atoms with Crippen molar-refractivity contribution in [3.63, 3.8) is 0 Å². The van der Waals surface area contributed by atoms with Crippen LogP contribution in [0.1, 0.15) is 49.9 Å². The van der Waals surface area contributed by atoms with Crippen LogP contribution in [-0.2, 0) is 4.74 Å². The number of hydrogen-bond acceptors (Lipinski definition) is 3. The van der Waals surface area contributed by atoms with Crippen molar-refractivity contribution in [2.24, 2.45) is 0 Å². The van der Waals surface area contributed by atoms with Gasteiger partial charge in [-0.05, 0) is 66.5 Å². The van der Waals surface area contributed by atoms with Crippen LogP contribution in [0.5, 0.6) is 5.75 Å². The van der Waals surface area contributed by atoms with Crippen LogP contribution >= 0.6 is 22.6 Å². The third-order valence-electron chi connectivity index (χ3n) is 4.33. The second-order valence-electron chi connectivity index (χ2n) is 5.57. The molecule has 2 N–H and O–H groups in total. The first kappa shape index (κ1) is 16.5. The van der Waals surface area contributed by atoms with Crippen LogP contribution in [0.2, 0.25) is 0 Å². The van der Waals surface area contributed by atoms with Gasteiger partial charge in [-0.2, -0.15) is 0 Å². The first-order valence-electron chi connectivity index (χ1n) is 7.43. The van der Waals surface area contributed by atoms with E-state index in [0.29, 0.717) is 12.2 Å². The van der Waals surface area contributed by atoms with Gasteiger partial charge >= 0.3 is 0 Å². The van der Waals surface area contributed by atoms with Crippen LogP contribution in [-0.4, -0.2) is 29.3 Å². The maximum absolute atomic E-state index is 12.3. The Hall–Kier alpha value is -0.820. The Kier molecular flexibility index (Phi) is 5.48. The Morgan fingerprint density at radius 1 is 1.48 bits per heavy atom. The molecule has 2 rings (SSSR count). The van der Waals surface area contributed by atoms with Crippen LogP contribution < -0.4 is 5.32 Å². The van der Waals surface area contributed by atoms with Crippen molar-refractivity contribution in [1.29, 1.82) is 0 Å². The van der Waals surface area contributed by atoms with Crippen LogP contribution in [0.15, 0.2) is 18.2 Å². The predicted octanol–water partition coefficient (Wildman–Crippen LogP) is 3.46. The number of nitrogens with one attached hydrogen (secondary N) is 1. The van der Waals surface area contributed by atoms with Crippen molar-refractivity contribution < 1.29 is 14.6 Å². The molecule has 1 aliphatic heterocycles. The zero-order valence-electron chi connectivity index (χ0n) is 12.5. The number of carbonyl (C=O) groups excluding carboxylic acids is 1. The minimum atomic E-state index is -0.130. The van der Waals surface area contributed by atoms with Crippen molar-refractivity contribution in [1.82, 2.24) is 5.32 Å². The van der Waals surface area contributed by atoms with E-state index in [0.717, 1.165) is 29.3 Å². The van der Waals surface area contributed by atoms with E-state index in [1.165, 1.54) is 6.07 Å². The fourth-order valence-electron chi connectivity index (χ4n) is 2.82. The summed E-state index contributed by atoms with van der Waals surface area (Å²) in [5.74, 6) is 0.0152. The van der Waals surface area contributed by atoms with E-state index >= 15 is 0 Å². The molecule has 116 valence electrons. The molecule has 5 heteroatoms. The smallest absolute Gasteiger partial charge is 0.251 e. The molecule has 1 aliphatic rings. The number of benzene rings is 1. The molecule has 1 aromatic carbocycles. The summed E-state index contributed by atoms with van der Waals surface area (Å²) in [6.45, 7) is 4.94. The molecule has 1 aromatic rings. The minimum Gasteiger partial charge on any atom is -0.507 e. The zero-order valence-corrected chi connectivity index (χ0v) is 14.6. The molecule has 0 saturated carbocycles. The average molecular weight is 403 g/mol. The van der Waals surface area contributed by atoms with E-state index in [9.17, 15) is 9.90 Å². The highest BCUT2D eigenvalue weighted by Crippen LogP contribution is 2.31. The SMILES string of the molecule is CCC1(CC)CC(NC(=O)c2ccc(I)c(O)c2)CCO1. The van der Waals surface area contributed by atoms with E-state index in [-0.39, 0.29) is 23.3 Å². The standard InChI is InChI=1S/C16H22INO3/c1-3-16(4-2)10-12(7-8-21-16)18-15(20)11-5-6-13(17)14(19)9-11/h5-6,9,12,19H,3-4,7-8,10H2,1-2H3,(H,18,20). The van der Waals surface area contributed by atoms with Gasteiger partial charge in [-0.1, -0.05) is 13.8 Å². The van der Waals surface area contributed by atoms with Crippen molar-refractivity contribution in [3.05, 3.63) is 27.3 Å². The molecule has 0 radical (unpaired) electrons. The van der Waals surface area contributed by atoms with E-state index in [2.05, 4.69) is 19.2 Å². The monoisotopic (exact) mass is 403 g/mol. The van der Waals surface area contributed by atoms with Crippen molar-refractivity contribution in [2.75, 3.05) is 6.61 Å². The highest BCUT2D eigenvalue weighted by atomic mass is 127. The van der Waals surface area contributed by atoms with E-state index in [1.54, 1.807) is 12.1 Å². The van der Waals surface area contributed by atoms with Crippen LogP contribution in [0.4, 0.5) is 0 Å². The number of rotatable bonds is 4. The van der Waals surface area contributed by atoms with Crippen molar-refractivity contribution >= 4 is 28.5 Å². The zero-order chi connectivity index (χ0) is 15.5. The number of phenolic OH excluding ortho intramolecular Hbond substituents is 1. The Morgan fingerprint density at radius 2 is 2.19 bits per heavy atom. The molecule has 0 spiro atoms. The molecule has 1 unspecified atom stereocenters. The summed E-state index contributed by atoms with van der Waals surface area (Å²) in [5, 5.41) is 12.8. The fraction of sp³-hybridized carbons (Fsp3) is 0.562. The molecule has 4 nitrogen and oxygen atoms in total. The molecule has 1 saturated heterocycles. The van der Waals surface area contributed by atoms with Gasteiger partial charge in [0.15, 0.2) is 0 Å². The molecule has 21 heavy (non-hydrogen) atoms. The van der Waals surface area contributed by atoms with Crippen LogP contribution in [0.25, 0.3) is 0 Å². The van der Waals surface area contributed by atoms with E-state index < -0.39 is 0 Å². The van der Waals surface area contributed by atoms with Crippen LogP contribution in [0.3, 0.4) is 0 Å². The average Bonchev–Trinajstić information content (AvgIpc) is 2.50. The molecule has 1 fully saturated rings. The summed E-state index contributed by atoms with van der Waals surface area (Å²) in [7, 11) is 0. The third-order valence-corrected chi connectivity index (χ3v) is 5.24. The van der Waals surface area contributed by atoms with E-state index in [1.807, 2.05) is 22.6 Å². The van der Waals surface area contributed by atoms with Crippen LogP contribution in [0, 0.1) is 3.57 Å². The number of aromatic hydroxyl groups is 1. The molecule has 1 atom stereocenters. The highest BCUT2D eigenvalue weighted by molar-refractivity contribution is 14.1. The lowest BCUT2D eigenvalue weighted by atomic mass is 9.86. The van der Waals surface area contributed by atoms with Gasteiger partial charge in [0.1, 0.15) is 5.75 Å². The number of halogens is 1. The highest BCUT2D eigenvalue weighted by Gasteiger charge is 2.35. The molecule has 0 aromatic heterocycles. The summed E-state index contributed by atoms with van der Waals surface area (Å²) in [5.41, 5.74) is 0.391. The van der Waals surface area contributed by atoms with Gasteiger partial charge in [0.05, 0.1) is 9.17 Å².